The Morgan fingerprint density at radius 1 is 1.27 bits per heavy atom. The van der Waals surface area contributed by atoms with Crippen LogP contribution in [-0.4, -0.2) is 77.4 Å². The minimum Gasteiger partial charge on any atom is -0.356 e. The second kappa shape index (κ2) is 10.3. The Kier molecular flexibility index (Phi) is 7.45. The van der Waals surface area contributed by atoms with Gasteiger partial charge in [0.25, 0.3) is 0 Å². The van der Waals surface area contributed by atoms with E-state index >= 15 is 0 Å². The van der Waals surface area contributed by atoms with E-state index in [0.717, 1.165) is 22.4 Å². The number of nitrogens with one attached hydrogen (secondary N) is 2. The maximum absolute atomic E-state index is 14.3. The normalized spacial score (nSPS) is 14.8. The Morgan fingerprint density at radius 3 is 2.73 bits per heavy atom. The summed E-state index contributed by atoms with van der Waals surface area (Å²) in [5.74, 6) is 0.403. The minimum atomic E-state index is -0.399. The standard InChI is InChI=1S/C21H25Br2FN8O/c1-30(2)10-7-25-21(33)32(14-3-4-15(22)16(24)11-14)13-5-8-31(9-6-13)20-17-18(23)28-29-19(17)26-12-27-20/h3-4,11-13H,5-10H2,1-2H3,(H,25,33)(H,26,27,28,29). The van der Waals surface area contributed by atoms with Gasteiger partial charge in [-0.2, -0.15) is 5.10 Å². The van der Waals surface area contributed by atoms with Gasteiger partial charge in [-0.05, 0) is 77.0 Å². The highest BCUT2D eigenvalue weighted by Crippen LogP contribution is 2.32. The van der Waals surface area contributed by atoms with E-state index in [0.29, 0.717) is 48.3 Å². The number of benzene rings is 1. The number of rotatable bonds is 6. The van der Waals surface area contributed by atoms with Crippen LogP contribution in [0.25, 0.3) is 11.0 Å². The molecule has 1 aromatic carbocycles. The summed E-state index contributed by atoms with van der Waals surface area (Å²) in [7, 11) is 3.90. The summed E-state index contributed by atoms with van der Waals surface area (Å²) >= 11 is 6.68. The van der Waals surface area contributed by atoms with Crippen molar-refractivity contribution in [3.05, 3.63) is 39.4 Å². The third kappa shape index (κ3) is 5.28. The van der Waals surface area contributed by atoms with Gasteiger partial charge in [0.05, 0.1) is 9.86 Å². The van der Waals surface area contributed by atoms with E-state index in [1.54, 1.807) is 17.0 Å². The molecule has 3 aromatic rings. The number of nitrogens with zero attached hydrogens (tertiary/aromatic N) is 6. The van der Waals surface area contributed by atoms with Gasteiger partial charge in [0.1, 0.15) is 22.6 Å². The zero-order chi connectivity index (χ0) is 23.5. The minimum absolute atomic E-state index is 0.0775. The largest absolute Gasteiger partial charge is 0.356 e. The highest BCUT2D eigenvalue weighted by molar-refractivity contribution is 9.10. The predicted octanol–water partition coefficient (Wildman–Crippen LogP) is 3.76. The summed E-state index contributed by atoms with van der Waals surface area (Å²) < 4.78 is 15.4. The Bertz CT molecular complexity index is 1130. The molecule has 0 atom stereocenters. The third-order valence-corrected chi connectivity index (χ3v) is 6.87. The molecule has 0 saturated carbocycles. The summed E-state index contributed by atoms with van der Waals surface area (Å²) in [4.78, 5) is 27.7. The second-order valence-electron chi connectivity index (χ2n) is 8.16. The van der Waals surface area contributed by atoms with Crippen LogP contribution in [0, 0.1) is 5.82 Å². The number of amides is 2. The number of aromatic amines is 1. The van der Waals surface area contributed by atoms with Crippen LogP contribution in [0.1, 0.15) is 12.8 Å². The molecule has 12 heteroatoms. The van der Waals surface area contributed by atoms with Gasteiger partial charge in [0.15, 0.2) is 5.65 Å². The van der Waals surface area contributed by atoms with Crippen LogP contribution in [0.4, 0.5) is 20.7 Å². The van der Waals surface area contributed by atoms with Crippen molar-refractivity contribution in [1.82, 2.24) is 30.4 Å². The molecule has 1 aliphatic rings. The number of urea groups is 1. The number of hydrogen-bond donors (Lipinski definition) is 2. The number of hydrogen-bond acceptors (Lipinski definition) is 6. The van der Waals surface area contributed by atoms with Crippen LogP contribution < -0.4 is 15.1 Å². The van der Waals surface area contributed by atoms with Crippen molar-refractivity contribution in [2.24, 2.45) is 0 Å². The fraction of sp³-hybridized carbons (Fsp3) is 0.429. The first-order chi connectivity index (χ1) is 15.8. The lowest BCUT2D eigenvalue weighted by atomic mass is 10.0. The molecule has 4 rings (SSSR count). The Balaban J connectivity index is 1.53. The summed E-state index contributed by atoms with van der Waals surface area (Å²) in [5.41, 5.74) is 1.14. The first kappa shape index (κ1) is 23.8. The average molecular weight is 584 g/mol. The topological polar surface area (TPSA) is 93.3 Å². The van der Waals surface area contributed by atoms with Gasteiger partial charge in [-0.3, -0.25) is 10.00 Å². The Morgan fingerprint density at radius 2 is 2.03 bits per heavy atom. The molecule has 2 aromatic heterocycles. The van der Waals surface area contributed by atoms with Crippen molar-refractivity contribution < 1.29 is 9.18 Å². The lowest BCUT2D eigenvalue weighted by Gasteiger charge is -2.39. The van der Waals surface area contributed by atoms with E-state index < -0.39 is 5.82 Å². The zero-order valence-electron chi connectivity index (χ0n) is 18.4. The van der Waals surface area contributed by atoms with Crippen molar-refractivity contribution in [2.45, 2.75) is 18.9 Å². The maximum Gasteiger partial charge on any atom is 0.322 e. The summed E-state index contributed by atoms with van der Waals surface area (Å²) in [6, 6.07) is 4.50. The number of halogens is 3. The number of fused-ring (bicyclic) bond motifs is 1. The molecule has 9 nitrogen and oxygen atoms in total. The van der Waals surface area contributed by atoms with E-state index in [4.69, 9.17) is 0 Å². The van der Waals surface area contributed by atoms with Gasteiger partial charge in [-0.1, -0.05) is 0 Å². The maximum atomic E-state index is 14.3. The van der Waals surface area contributed by atoms with Gasteiger partial charge >= 0.3 is 6.03 Å². The van der Waals surface area contributed by atoms with Crippen LogP contribution in [-0.2, 0) is 0 Å². The fourth-order valence-corrected chi connectivity index (χ4v) is 4.67. The quantitative estimate of drug-likeness (QED) is 0.459. The summed E-state index contributed by atoms with van der Waals surface area (Å²) in [6.45, 7) is 2.60. The second-order valence-corrected chi connectivity index (χ2v) is 9.80. The van der Waals surface area contributed by atoms with Gasteiger partial charge in [0.2, 0.25) is 0 Å². The molecule has 0 unspecified atom stereocenters. The number of anilines is 2. The first-order valence-electron chi connectivity index (χ1n) is 10.6. The lowest BCUT2D eigenvalue weighted by molar-refractivity contribution is 0.241. The lowest BCUT2D eigenvalue weighted by Crippen LogP contribution is -2.52. The van der Waals surface area contributed by atoms with E-state index in [-0.39, 0.29) is 12.1 Å². The predicted molar refractivity (Wildman–Crippen MR) is 133 cm³/mol. The van der Waals surface area contributed by atoms with Crippen LogP contribution >= 0.6 is 31.9 Å². The average Bonchev–Trinajstić information content (AvgIpc) is 3.18. The van der Waals surface area contributed by atoms with Crippen LogP contribution in [0.5, 0.6) is 0 Å². The molecule has 176 valence electrons. The van der Waals surface area contributed by atoms with Crippen molar-refractivity contribution in [3.8, 4) is 0 Å². The Hall–Kier alpha value is -2.31. The Labute approximate surface area is 208 Å². The summed E-state index contributed by atoms with van der Waals surface area (Å²) in [5, 5.41) is 10.9. The van der Waals surface area contributed by atoms with Gasteiger partial charge < -0.3 is 15.1 Å². The highest BCUT2D eigenvalue weighted by atomic mass is 79.9. The number of H-pyrrole nitrogens is 1. The van der Waals surface area contributed by atoms with E-state index in [1.807, 2.05) is 19.0 Å². The number of piperidine rings is 1. The van der Waals surface area contributed by atoms with E-state index in [2.05, 4.69) is 62.2 Å². The molecule has 0 aliphatic carbocycles. The van der Waals surface area contributed by atoms with E-state index in [1.165, 1.54) is 12.4 Å². The van der Waals surface area contributed by atoms with Gasteiger partial charge in [-0.15, -0.1) is 0 Å². The highest BCUT2D eigenvalue weighted by Gasteiger charge is 2.31. The third-order valence-electron chi connectivity index (χ3n) is 5.65. The molecule has 2 N–H and O–H groups in total. The molecule has 1 saturated heterocycles. The van der Waals surface area contributed by atoms with Crippen LogP contribution in [0.15, 0.2) is 33.6 Å². The molecular weight excluding hydrogens is 559 g/mol. The molecule has 1 aliphatic heterocycles. The summed E-state index contributed by atoms with van der Waals surface area (Å²) in [6.07, 6.45) is 2.92. The monoisotopic (exact) mass is 582 g/mol. The number of carbonyl (C=O) groups excluding carboxylic acids is 1. The molecule has 33 heavy (non-hydrogen) atoms. The molecule has 0 radical (unpaired) electrons. The fourth-order valence-electron chi connectivity index (χ4n) is 3.98. The molecule has 0 bridgehead atoms. The van der Waals surface area contributed by atoms with Crippen molar-refractivity contribution >= 4 is 60.4 Å². The molecule has 2 amide bonds. The van der Waals surface area contributed by atoms with Gasteiger partial charge in [-0.25, -0.2) is 19.2 Å². The number of carbonyl (C=O) groups is 1. The zero-order valence-corrected chi connectivity index (χ0v) is 21.5. The van der Waals surface area contributed by atoms with E-state index in [9.17, 15) is 9.18 Å². The van der Waals surface area contributed by atoms with Crippen molar-refractivity contribution in [3.63, 3.8) is 0 Å². The van der Waals surface area contributed by atoms with Crippen LogP contribution in [0.3, 0.4) is 0 Å². The SMILES string of the molecule is CN(C)CCNC(=O)N(c1ccc(Br)c(F)c1)C1CCN(c2ncnc3n[nH]c(Br)c23)CC1. The molecular formula is C21H25Br2FN8O. The molecule has 0 spiro atoms. The van der Waals surface area contributed by atoms with Crippen LogP contribution in [0.2, 0.25) is 0 Å². The molecule has 1 fully saturated rings. The molecule has 3 heterocycles. The first-order valence-corrected chi connectivity index (χ1v) is 12.2. The van der Waals surface area contributed by atoms with Crippen molar-refractivity contribution in [2.75, 3.05) is 50.1 Å². The smallest absolute Gasteiger partial charge is 0.322 e. The number of likely N-dealkylation sites (N-methyl/N-ethyl adjacent to an activating group) is 1. The number of aromatic nitrogens is 4. The van der Waals surface area contributed by atoms with Gasteiger partial charge in [0, 0.05) is 37.9 Å². The van der Waals surface area contributed by atoms with Crippen molar-refractivity contribution in [1.29, 1.82) is 0 Å².